The Kier molecular flexibility index (Phi) is 5.70. The van der Waals surface area contributed by atoms with E-state index in [-0.39, 0.29) is 11.9 Å². The molecule has 1 aliphatic heterocycles. The average molecular weight is 405 g/mol. The van der Waals surface area contributed by atoms with E-state index in [0.717, 1.165) is 23.1 Å². The number of morpholine rings is 1. The lowest BCUT2D eigenvalue weighted by Gasteiger charge is -2.22. The molecule has 2 unspecified atom stereocenters. The van der Waals surface area contributed by atoms with E-state index in [4.69, 9.17) is 9.72 Å². The van der Waals surface area contributed by atoms with E-state index in [1.54, 1.807) is 6.20 Å². The molecule has 154 valence electrons. The van der Waals surface area contributed by atoms with Crippen molar-refractivity contribution >= 4 is 22.9 Å². The van der Waals surface area contributed by atoms with Crippen LogP contribution >= 0.6 is 0 Å². The monoisotopic (exact) mass is 405 g/mol. The molecular weight excluding hydrogens is 382 g/mol. The summed E-state index contributed by atoms with van der Waals surface area (Å²) in [6.45, 7) is 6.17. The van der Waals surface area contributed by atoms with E-state index in [9.17, 15) is 10.1 Å². The number of rotatable bonds is 5. The van der Waals surface area contributed by atoms with Crippen molar-refractivity contribution < 1.29 is 9.53 Å². The van der Waals surface area contributed by atoms with Crippen molar-refractivity contribution in [3.05, 3.63) is 47.5 Å². The topological polar surface area (TPSA) is 118 Å². The van der Waals surface area contributed by atoms with Crippen molar-refractivity contribution in [1.82, 2.24) is 24.8 Å². The molecule has 0 spiro atoms. The minimum Gasteiger partial charge on any atom is -0.366 e. The molecule has 1 amide bonds. The maximum atomic E-state index is 12.5. The van der Waals surface area contributed by atoms with Crippen LogP contribution in [0.1, 0.15) is 29.9 Å². The average Bonchev–Trinajstić information content (AvgIpc) is 3.15. The fourth-order valence-corrected chi connectivity index (χ4v) is 3.62. The highest BCUT2D eigenvalue weighted by Crippen LogP contribution is 2.28. The van der Waals surface area contributed by atoms with Crippen molar-refractivity contribution in [2.45, 2.75) is 32.4 Å². The summed E-state index contributed by atoms with van der Waals surface area (Å²) in [5.74, 6) is -0.232. The van der Waals surface area contributed by atoms with Crippen LogP contribution in [0.4, 0.5) is 5.95 Å². The van der Waals surface area contributed by atoms with Crippen LogP contribution in [0, 0.1) is 18.3 Å². The summed E-state index contributed by atoms with van der Waals surface area (Å²) in [5.41, 5.74) is 3.08. The fourth-order valence-electron chi connectivity index (χ4n) is 3.62. The normalized spacial score (nSPS) is 17.4. The third kappa shape index (κ3) is 3.75. The number of benzene rings is 1. The van der Waals surface area contributed by atoms with Gasteiger partial charge in [0.25, 0.3) is 5.91 Å². The van der Waals surface area contributed by atoms with Crippen molar-refractivity contribution in [2.75, 3.05) is 25.0 Å². The number of fused-ring (bicyclic) bond motifs is 1. The van der Waals surface area contributed by atoms with Gasteiger partial charge < -0.3 is 14.6 Å². The van der Waals surface area contributed by atoms with Gasteiger partial charge in [-0.3, -0.25) is 10.1 Å². The first-order valence-corrected chi connectivity index (χ1v) is 9.93. The van der Waals surface area contributed by atoms with Crippen molar-refractivity contribution in [3.63, 3.8) is 0 Å². The predicted molar refractivity (Wildman–Crippen MR) is 111 cm³/mol. The van der Waals surface area contributed by atoms with Gasteiger partial charge >= 0.3 is 0 Å². The number of aromatic nitrogens is 4. The van der Waals surface area contributed by atoms with Gasteiger partial charge in [-0.05, 0) is 31.5 Å². The lowest BCUT2D eigenvalue weighted by Crippen LogP contribution is -2.45. The van der Waals surface area contributed by atoms with Crippen LogP contribution in [0.25, 0.3) is 11.0 Å². The highest BCUT2D eigenvalue weighted by atomic mass is 16.5. The smallest absolute Gasteiger partial charge is 0.257 e. The van der Waals surface area contributed by atoms with E-state index >= 15 is 0 Å². The van der Waals surface area contributed by atoms with E-state index in [2.05, 4.69) is 26.7 Å². The molecule has 9 heteroatoms. The van der Waals surface area contributed by atoms with Gasteiger partial charge in [-0.15, -0.1) is 0 Å². The van der Waals surface area contributed by atoms with Gasteiger partial charge in [-0.25, -0.2) is 15.0 Å². The summed E-state index contributed by atoms with van der Waals surface area (Å²) in [4.78, 5) is 25.9. The maximum Gasteiger partial charge on any atom is 0.257 e. The number of nitrogens with zero attached hydrogens (tertiary/aromatic N) is 5. The third-order valence-corrected chi connectivity index (χ3v) is 5.13. The molecule has 3 aromatic rings. The Labute approximate surface area is 174 Å². The first-order valence-electron chi connectivity index (χ1n) is 9.93. The van der Waals surface area contributed by atoms with Gasteiger partial charge in [0.2, 0.25) is 5.95 Å². The van der Waals surface area contributed by atoms with Crippen LogP contribution < -0.4 is 10.6 Å². The number of hydrogen-bond acceptors (Lipinski definition) is 7. The van der Waals surface area contributed by atoms with E-state index < -0.39 is 12.0 Å². The van der Waals surface area contributed by atoms with Crippen LogP contribution in [0.5, 0.6) is 0 Å². The molecule has 9 nitrogen and oxygen atoms in total. The molecule has 2 atom stereocenters. The van der Waals surface area contributed by atoms with Gasteiger partial charge in [0.15, 0.2) is 0 Å². The summed E-state index contributed by atoms with van der Waals surface area (Å²) in [7, 11) is 0. The van der Waals surface area contributed by atoms with Crippen molar-refractivity contribution in [1.29, 1.82) is 5.26 Å². The van der Waals surface area contributed by atoms with Gasteiger partial charge in [-0.1, -0.05) is 12.1 Å². The number of carbonyl (C=O) groups excluding carboxylic acids is 1. The fraction of sp³-hybridized carbons (Fsp3) is 0.381. The number of aryl methyl sites for hydroxylation is 2. The number of amides is 1. The number of nitriles is 1. The Hall–Kier alpha value is -3.35. The molecule has 0 saturated carbocycles. The van der Waals surface area contributed by atoms with Crippen LogP contribution in [-0.4, -0.2) is 51.2 Å². The Morgan fingerprint density at radius 2 is 2.27 bits per heavy atom. The molecule has 1 fully saturated rings. The summed E-state index contributed by atoms with van der Waals surface area (Å²) in [6, 6.07) is 10.1. The lowest BCUT2D eigenvalue weighted by atomic mass is 10.0. The lowest BCUT2D eigenvalue weighted by molar-refractivity contribution is -0.128. The molecule has 2 aromatic heterocycles. The number of ether oxygens (including phenoxy) is 1. The number of anilines is 1. The molecule has 1 aliphatic rings. The zero-order valence-corrected chi connectivity index (χ0v) is 16.9. The van der Waals surface area contributed by atoms with E-state index in [1.807, 2.05) is 42.7 Å². The first kappa shape index (κ1) is 19.9. The maximum absolute atomic E-state index is 12.5. The van der Waals surface area contributed by atoms with Crippen LogP contribution in [0.2, 0.25) is 0 Å². The molecule has 4 rings (SSSR count). The standard InChI is InChI=1S/C21H23N7O2/c1-3-28-16-7-5-4-6-15(16)25-19(28)14(10-22)18-13(2)11-24-21(26-18)27-20(29)17-12-23-8-9-30-17/h4-7,11,14,17,23H,3,8-9,12H2,1-2H3,(H,24,26,27,29). The molecular formula is C21H23N7O2. The number of carbonyl (C=O) groups is 1. The van der Waals surface area contributed by atoms with Gasteiger partial charge in [0.05, 0.1) is 29.4 Å². The largest absolute Gasteiger partial charge is 0.366 e. The van der Waals surface area contributed by atoms with Gasteiger partial charge in [0.1, 0.15) is 17.8 Å². The second-order valence-electron chi connectivity index (χ2n) is 7.08. The predicted octanol–water partition coefficient (Wildman–Crippen LogP) is 1.74. The minimum atomic E-state index is -0.691. The molecule has 2 N–H and O–H groups in total. The summed E-state index contributed by atoms with van der Waals surface area (Å²) >= 11 is 0. The Morgan fingerprint density at radius 3 is 3.00 bits per heavy atom. The number of hydrogen-bond donors (Lipinski definition) is 2. The van der Waals surface area contributed by atoms with Crippen molar-refractivity contribution in [2.24, 2.45) is 0 Å². The first-order chi connectivity index (χ1) is 14.6. The van der Waals surface area contributed by atoms with E-state index in [1.165, 1.54) is 0 Å². The zero-order valence-electron chi connectivity index (χ0n) is 16.9. The number of imidazole rings is 1. The third-order valence-electron chi connectivity index (χ3n) is 5.13. The van der Waals surface area contributed by atoms with Crippen LogP contribution in [0.3, 0.4) is 0 Å². The molecule has 1 saturated heterocycles. The summed E-state index contributed by atoms with van der Waals surface area (Å²) in [6.07, 6.45) is 1.02. The quantitative estimate of drug-likeness (QED) is 0.664. The second-order valence-corrected chi connectivity index (χ2v) is 7.08. The van der Waals surface area contributed by atoms with Crippen LogP contribution in [-0.2, 0) is 16.1 Å². The molecule has 3 heterocycles. The number of nitrogens with one attached hydrogen (secondary N) is 2. The molecule has 30 heavy (non-hydrogen) atoms. The Bertz CT molecular complexity index is 1110. The molecule has 1 aromatic carbocycles. The second kappa shape index (κ2) is 8.57. The minimum absolute atomic E-state index is 0.147. The van der Waals surface area contributed by atoms with Crippen LogP contribution in [0.15, 0.2) is 30.5 Å². The molecule has 0 bridgehead atoms. The number of para-hydroxylation sites is 2. The van der Waals surface area contributed by atoms with E-state index in [0.29, 0.717) is 31.2 Å². The Morgan fingerprint density at radius 1 is 1.43 bits per heavy atom. The summed E-state index contributed by atoms with van der Waals surface area (Å²) in [5, 5.41) is 15.8. The molecule has 0 radical (unpaired) electrons. The highest BCUT2D eigenvalue weighted by Gasteiger charge is 2.26. The van der Waals surface area contributed by atoms with Gasteiger partial charge in [0, 0.05) is 25.8 Å². The highest BCUT2D eigenvalue weighted by molar-refractivity contribution is 5.93. The summed E-state index contributed by atoms with van der Waals surface area (Å²) < 4.78 is 7.49. The zero-order chi connectivity index (χ0) is 21.1. The Balaban J connectivity index is 1.68. The van der Waals surface area contributed by atoms with Crippen molar-refractivity contribution in [3.8, 4) is 6.07 Å². The van der Waals surface area contributed by atoms with Gasteiger partial charge in [-0.2, -0.15) is 5.26 Å². The SMILES string of the molecule is CCn1c(C(C#N)c2nc(NC(=O)C3CNCCO3)ncc2C)nc2ccccc21. The molecule has 0 aliphatic carbocycles.